The fraction of sp³-hybridized carbons (Fsp3) is 0.727. The van der Waals surface area contributed by atoms with E-state index >= 15 is 0 Å². The molecule has 0 saturated heterocycles. The Hall–Kier alpha value is -0.790. The molecule has 74 valence electrons. The van der Waals surface area contributed by atoms with Gasteiger partial charge in [0.2, 0.25) is 0 Å². The van der Waals surface area contributed by atoms with Crippen molar-refractivity contribution in [2.45, 2.75) is 52.6 Å². The van der Waals surface area contributed by atoms with Crippen molar-refractivity contribution in [3.63, 3.8) is 0 Å². The molecule has 2 nitrogen and oxygen atoms in total. The molecule has 0 spiro atoms. The van der Waals surface area contributed by atoms with Crippen molar-refractivity contribution >= 4 is 5.97 Å². The van der Waals surface area contributed by atoms with Gasteiger partial charge in [0.1, 0.15) is 6.10 Å². The van der Waals surface area contributed by atoms with E-state index in [1.807, 2.05) is 13.8 Å². The zero-order valence-corrected chi connectivity index (χ0v) is 8.72. The Morgan fingerprint density at radius 2 is 2.00 bits per heavy atom. The van der Waals surface area contributed by atoms with E-state index in [4.69, 9.17) is 4.74 Å². The second kappa shape index (κ2) is 4.45. The molecule has 0 saturated carbocycles. The van der Waals surface area contributed by atoms with E-state index < -0.39 is 0 Å². The van der Waals surface area contributed by atoms with Crippen molar-refractivity contribution in [1.29, 1.82) is 0 Å². The molecule has 0 radical (unpaired) electrons. The first kappa shape index (κ1) is 10.3. The lowest BCUT2D eigenvalue weighted by Crippen LogP contribution is -2.10. The number of hydrogen-bond acceptors (Lipinski definition) is 2. The molecule has 0 amide bonds. The predicted molar refractivity (Wildman–Crippen MR) is 52.4 cm³/mol. The number of unbranched alkanes of at least 4 members (excludes halogenated alkanes) is 2. The first-order valence-electron chi connectivity index (χ1n) is 5.05. The van der Waals surface area contributed by atoms with Crippen LogP contribution in [-0.4, -0.2) is 12.1 Å². The van der Waals surface area contributed by atoms with Crippen LogP contribution in [0.15, 0.2) is 11.1 Å². The molecule has 1 rings (SSSR count). The largest absolute Gasteiger partial charge is 0.454 e. The Bertz CT molecular complexity index is 228. The Morgan fingerprint density at radius 3 is 2.46 bits per heavy atom. The minimum Gasteiger partial charge on any atom is -0.454 e. The van der Waals surface area contributed by atoms with Crippen molar-refractivity contribution < 1.29 is 9.53 Å². The van der Waals surface area contributed by atoms with E-state index in [0.717, 1.165) is 24.0 Å². The molecule has 0 N–H and O–H groups in total. The lowest BCUT2D eigenvalue weighted by Gasteiger charge is -2.10. The quantitative estimate of drug-likeness (QED) is 0.493. The maximum absolute atomic E-state index is 11.1. The summed E-state index contributed by atoms with van der Waals surface area (Å²) < 4.78 is 5.22. The molecule has 1 aliphatic heterocycles. The van der Waals surface area contributed by atoms with Crippen LogP contribution in [0.5, 0.6) is 0 Å². The molecule has 13 heavy (non-hydrogen) atoms. The molecule has 0 aromatic carbocycles. The first-order valence-corrected chi connectivity index (χ1v) is 5.05. The molecule has 2 heteroatoms. The van der Waals surface area contributed by atoms with Crippen LogP contribution in [0.4, 0.5) is 0 Å². The summed E-state index contributed by atoms with van der Waals surface area (Å²) in [6, 6.07) is 0. The normalized spacial score (nSPS) is 22.4. The van der Waals surface area contributed by atoms with Crippen molar-refractivity contribution in [3.8, 4) is 0 Å². The van der Waals surface area contributed by atoms with Gasteiger partial charge in [0.15, 0.2) is 0 Å². The highest BCUT2D eigenvalue weighted by Gasteiger charge is 2.27. The lowest BCUT2D eigenvalue weighted by molar-refractivity contribution is -0.139. The summed E-state index contributed by atoms with van der Waals surface area (Å²) in [6.07, 6.45) is 4.64. The summed E-state index contributed by atoms with van der Waals surface area (Å²) in [5.74, 6) is -0.126. The number of ether oxygens (including phenoxy) is 1. The number of carbonyl (C=O) groups excluding carboxylic acids is 1. The van der Waals surface area contributed by atoms with Crippen molar-refractivity contribution in [1.82, 2.24) is 0 Å². The van der Waals surface area contributed by atoms with Crippen LogP contribution in [-0.2, 0) is 9.53 Å². The number of cyclic esters (lactones) is 1. The number of rotatable bonds is 4. The maximum Gasteiger partial charge on any atom is 0.334 e. The fourth-order valence-corrected chi connectivity index (χ4v) is 1.56. The third-order valence-corrected chi connectivity index (χ3v) is 2.70. The van der Waals surface area contributed by atoms with Gasteiger partial charge < -0.3 is 4.74 Å². The molecular formula is C11H18O2. The SMILES string of the molecule is CCCCC[C@@H]1OC(=O)C(C)=C1C. The van der Waals surface area contributed by atoms with Gasteiger partial charge in [-0.2, -0.15) is 0 Å². The van der Waals surface area contributed by atoms with Gasteiger partial charge >= 0.3 is 5.97 Å². The first-order chi connectivity index (χ1) is 6.16. The summed E-state index contributed by atoms with van der Waals surface area (Å²) in [6.45, 7) is 6.02. The van der Waals surface area contributed by atoms with Crippen molar-refractivity contribution in [2.75, 3.05) is 0 Å². The van der Waals surface area contributed by atoms with E-state index in [2.05, 4.69) is 6.92 Å². The molecule has 0 unspecified atom stereocenters. The van der Waals surface area contributed by atoms with Crippen LogP contribution in [0, 0.1) is 0 Å². The molecule has 1 atom stereocenters. The Balaban J connectivity index is 2.42. The van der Waals surface area contributed by atoms with Gasteiger partial charge in [0.05, 0.1) is 0 Å². The smallest absolute Gasteiger partial charge is 0.334 e. The Kier molecular flexibility index (Phi) is 3.52. The summed E-state index contributed by atoms with van der Waals surface area (Å²) in [5.41, 5.74) is 1.93. The highest BCUT2D eigenvalue weighted by atomic mass is 16.5. The average Bonchev–Trinajstić information content (AvgIpc) is 2.34. The van der Waals surface area contributed by atoms with Crippen LogP contribution in [0.2, 0.25) is 0 Å². The molecule has 0 aromatic rings. The average molecular weight is 182 g/mol. The van der Waals surface area contributed by atoms with Gasteiger partial charge in [0.25, 0.3) is 0 Å². The zero-order chi connectivity index (χ0) is 9.84. The number of carbonyl (C=O) groups is 1. The second-order valence-electron chi connectivity index (χ2n) is 3.70. The summed E-state index contributed by atoms with van der Waals surface area (Å²) in [7, 11) is 0. The van der Waals surface area contributed by atoms with E-state index in [1.165, 1.54) is 12.8 Å². The van der Waals surface area contributed by atoms with Crippen molar-refractivity contribution in [3.05, 3.63) is 11.1 Å². The second-order valence-corrected chi connectivity index (χ2v) is 3.70. The third kappa shape index (κ3) is 2.33. The molecule has 1 aliphatic rings. The third-order valence-electron chi connectivity index (χ3n) is 2.70. The molecular weight excluding hydrogens is 164 g/mol. The fourth-order valence-electron chi connectivity index (χ4n) is 1.56. The van der Waals surface area contributed by atoms with Crippen molar-refractivity contribution in [2.24, 2.45) is 0 Å². The van der Waals surface area contributed by atoms with Gasteiger partial charge in [-0.1, -0.05) is 19.8 Å². The highest BCUT2D eigenvalue weighted by molar-refractivity contribution is 5.91. The maximum atomic E-state index is 11.1. The van der Waals surface area contributed by atoms with E-state index in [-0.39, 0.29) is 12.1 Å². The lowest BCUT2D eigenvalue weighted by atomic mass is 10.0. The van der Waals surface area contributed by atoms with Gasteiger partial charge in [0, 0.05) is 5.57 Å². The summed E-state index contributed by atoms with van der Waals surface area (Å²) in [5, 5.41) is 0. The topological polar surface area (TPSA) is 26.3 Å². The standard InChI is InChI=1S/C11H18O2/c1-4-5-6-7-10-8(2)9(3)11(12)13-10/h10H,4-7H2,1-3H3/t10-/m0/s1. The van der Waals surface area contributed by atoms with E-state index in [0.29, 0.717) is 0 Å². The molecule has 1 heterocycles. The van der Waals surface area contributed by atoms with E-state index in [9.17, 15) is 4.79 Å². The minimum absolute atomic E-state index is 0.0686. The van der Waals surface area contributed by atoms with Gasteiger partial charge in [-0.05, 0) is 32.3 Å². The number of esters is 1. The zero-order valence-electron chi connectivity index (χ0n) is 8.72. The summed E-state index contributed by atoms with van der Waals surface area (Å²) in [4.78, 5) is 11.1. The van der Waals surface area contributed by atoms with Gasteiger partial charge in [-0.25, -0.2) is 4.79 Å². The van der Waals surface area contributed by atoms with Crippen LogP contribution < -0.4 is 0 Å². The van der Waals surface area contributed by atoms with Gasteiger partial charge in [-0.15, -0.1) is 0 Å². The van der Waals surface area contributed by atoms with E-state index in [1.54, 1.807) is 0 Å². The van der Waals surface area contributed by atoms with Crippen LogP contribution >= 0.6 is 0 Å². The Morgan fingerprint density at radius 1 is 1.31 bits per heavy atom. The Labute approximate surface area is 80.0 Å². The highest BCUT2D eigenvalue weighted by Crippen LogP contribution is 2.25. The number of hydrogen-bond donors (Lipinski definition) is 0. The van der Waals surface area contributed by atoms with Gasteiger partial charge in [-0.3, -0.25) is 0 Å². The summed E-state index contributed by atoms with van der Waals surface area (Å²) >= 11 is 0. The predicted octanol–water partition coefficient (Wildman–Crippen LogP) is 2.83. The molecule has 0 fully saturated rings. The van der Waals surface area contributed by atoms with Crippen LogP contribution in [0.1, 0.15) is 46.5 Å². The van der Waals surface area contributed by atoms with Crippen LogP contribution in [0.25, 0.3) is 0 Å². The van der Waals surface area contributed by atoms with Crippen LogP contribution in [0.3, 0.4) is 0 Å². The molecule has 0 aliphatic carbocycles. The molecule has 0 bridgehead atoms. The monoisotopic (exact) mass is 182 g/mol. The minimum atomic E-state index is -0.126. The molecule has 0 aromatic heterocycles.